The Kier molecular flexibility index (Phi) is 6.52. The molecule has 0 bridgehead atoms. The van der Waals surface area contributed by atoms with Crippen LogP contribution in [0.15, 0.2) is 30.3 Å². The lowest BCUT2D eigenvalue weighted by molar-refractivity contribution is -0.135. The highest BCUT2D eigenvalue weighted by molar-refractivity contribution is 5.90. The summed E-state index contributed by atoms with van der Waals surface area (Å²) in [6.45, 7) is 3.56. The summed E-state index contributed by atoms with van der Waals surface area (Å²) in [5, 5.41) is 13.7. The molecule has 2 amide bonds. The summed E-state index contributed by atoms with van der Waals surface area (Å²) in [4.78, 5) is 24.4. The summed E-state index contributed by atoms with van der Waals surface area (Å²) in [6.07, 6.45) is 0. The Labute approximate surface area is 135 Å². The average molecular weight is 321 g/mol. The van der Waals surface area contributed by atoms with Gasteiger partial charge in [0.2, 0.25) is 5.91 Å². The number of carbonyl (C=O) groups is 2. The summed E-state index contributed by atoms with van der Waals surface area (Å²) < 4.78 is 5.20. The summed E-state index contributed by atoms with van der Waals surface area (Å²) in [5.74, 6) is -1.13. The van der Waals surface area contributed by atoms with Crippen LogP contribution in [0.1, 0.15) is 18.4 Å². The molecule has 7 heteroatoms. The molecular formula is C16H23N3O4. The number of aliphatic hydroxyl groups is 1. The number of nitrogens with zero attached hydrogens (tertiary/aromatic N) is 1. The van der Waals surface area contributed by atoms with E-state index in [1.54, 1.807) is 11.9 Å². The van der Waals surface area contributed by atoms with Gasteiger partial charge in [0.05, 0.1) is 25.7 Å². The quantitative estimate of drug-likeness (QED) is 0.665. The third-order valence-electron chi connectivity index (χ3n) is 3.79. The number of nitrogens with one attached hydrogen (secondary N) is 2. The van der Waals surface area contributed by atoms with Gasteiger partial charge in [-0.25, -0.2) is 5.01 Å². The Balaban J connectivity index is 1.89. The highest BCUT2D eigenvalue weighted by Crippen LogP contribution is 2.14. The van der Waals surface area contributed by atoms with Gasteiger partial charge in [0.1, 0.15) is 6.04 Å². The molecule has 1 aliphatic rings. The second-order valence-electron chi connectivity index (χ2n) is 5.45. The minimum atomic E-state index is -0.975. The third-order valence-corrected chi connectivity index (χ3v) is 3.79. The van der Waals surface area contributed by atoms with Crippen LogP contribution in [0.3, 0.4) is 0 Å². The fraction of sp³-hybridized carbons (Fsp3) is 0.500. The summed E-state index contributed by atoms with van der Waals surface area (Å²) in [5.41, 5.74) is 3.55. The number of morpholine rings is 1. The number of hydrogen-bond donors (Lipinski definition) is 3. The van der Waals surface area contributed by atoms with Crippen molar-refractivity contribution >= 4 is 11.8 Å². The van der Waals surface area contributed by atoms with Crippen molar-refractivity contribution in [3.63, 3.8) is 0 Å². The van der Waals surface area contributed by atoms with Crippen LogP contribution in [0, 0.1) is 0 Å². The first-order valence-corrected chi connectivity index (χ1v) is 7.71. The molecule has 0 aliphatic carbocycles. The van der Waals surface area contributed by atoms with Crippen molar-refractivity contribution in [3.05, 3.63) is 35.9 Å². The van der Waals surface area contributed by atoms with Crippen LogP contribution >= 0.6 is 0 Å². The molecule has 23 heavy (non-hydrogen) atoms. The average Bonchev–Trinajstić information content (AvgIpc) is 2.60. The standard InChI is InChI=1S/C16H23N3O4/c1-12(13-5-3-2-4-6-13)15(21)17-14(11-20)16(22)18-19-7-9-23-10-8-19/h2-6,12,14,20H,7-11H2,1H3,(H,17,21)(H,18,22). The van der Waals surface area contributed by atoms with E-state index in [0.29, 0.717) is 26.3 Å². The molecule has 2 rings (SSSR count). The Morgan fingerprint density at radius 1 is 1.22 bits per heavy atom. The highest BCUT2D eigenvalue weighted by Gasteiger charge is 2.25. The summed E-state index contributed by atoms with van der Waals surface area (Å²) in [6, 6.07) is 8.32. The van der Waals surface area contributed by atoms with Crippen molar-refractivity contribution in [2.45, 2.75) is 18.9 Å². The van der Waals surface area contributed by atoms with Gasteiger partial charge in [-0.15, -0.1) is 0 Å². The normalized spacial score (nSPS) is 18.0. The van der Waals surface area contributed by atoms with E-state index in [9.17, 15) is 14.7 Å². The molecule has 0 spiro atoms. The number of ether oxygens (including phenoxy) is 1. The zero-order valence-electron chi connectivity index (χ0n) is 13.2. The fourth-order valence-electron chi connectivity index (χ4n) is 2.29. The Hall–Kier alpha value is -1.96. The van der Waals surface area contributed by atoms with E-state index in [4.69, 9.17) is 4.74 Å². The highest BCUT2D eigenvalue weighted by atomic mass is 16.5. The van der Waals surface area contributed by atoms with Gasteiger partial charge in [-0.3, -0.25) is 15.0 Å². The maximum absolute atomic E-state index is 12.3. The lowest BCUT2D eigenvalue weighted by Gasteiger charge is -2.29. The number of hydrogen-bond acceptors (Lipinski definition) is 5. The lowest BCUT2D eigenvalue weighted by atomic mass is 10.00. The summed E-state index contributed by atoms with van der Waals surface area (Å²) >= 11 is 0. The molecule has 0 aromatic heterocycles. The summed E-state index contributed by atoms with van der Waals surface area (Å²) in [7, 11) is 0. The number of amides is 2. The van der Waals surface area contributed by atoms with Crippen LogP contribution in [0.2, 0.25) is 0 Å². The molecule has 1 saturated heterocycles. The van der Waals surface area contributed by atoms with Gasteiger partial charge < -0.3 is 15.2 Å². The van der Waals surface area contributed by atoms with E-state index in [2.05, 4.69) is 10.7 Å². The van der Waals surface area contributed by atoms with E-state index in [0.717, 1.165) is 5.56 Å². The molecule has 2 unspecified atom stereocenters. The first-order valence-electron chi connectivity index (χ1n) is 7.71. The smallest absolute Gasteiger partial charge is 0.259 e. The van der Waals surface area contributed by atoms with Gasteiger partial charge in [-0.1, -0.05) is 30.3 Å². The van der Waals surface area contributed by atoms with Crippen LogP contribution in [0.25, 0.3) is 0 Å². The minimum absolute atomic E-state index is 0.299. The Morgan fingerprint density at radius 3 is 2.48 bits per heavy atom. The monoisotopic (exact) mass is 321 g/mol. The zero-order valence-corrected chi connectivity index (χ0v) is 13.2. The van der Waals surface area contributed by atoms with Crippen LogP contribution in [0.4, 0.5) is 0 Å². The van der Waals surface area contributed by atoms with Gasteiger partial charge in [-0.05, 0) is 12.5 Å². The van der Waals surface area contributed by atoms with Crippen molar-refractivity contribution in [1.29, 1.82) is 0 Å². The molecule has 3 N–H and O–H groups in total. The predicted octanol–water partition coefficient (Wildman–Crippen LogP) is -0.369. The van der Waals surface area contributed by atoms with Gasteiger partial charge >= 0.3 is 0 Å². The van der Waals surface area contributed by atoms with E-state index >= 15 is 0 Å². The van der Waals surface area contributed by atoms with Gasteiger partial charge in [0, 0.05) is 13.1 Å². The zero-order chi connectivity index (χ0) is 16.7. The van der Waals surface area contributed by atoms with Crippen LogP contribution in [0.5, 0.6) is 0 Å². The van der Waals surface area contributed by atoms with Crippen LogP contribution in [-0.2, 0) is 14.3 Å². The number of rotatable bonds is 6. The third kappa shape index (κ3) is 5.02. The van der Waals surface area contributed by atoms with Crippen molar-refractivity contribution < 1.29 is 19.4 Å². The van der Waals surface area contributed by atoms with E-state index in [-0.39, 0.29) is 5.91 Å². The van der Waals surface area contributed by atoms with Crippen LogP contribution in [-0.4, -0.2) is 60.9 Å². The van der Waals surface area contributed by atoms with Crippen molar-refractivity contribution in [1.82, 2.24) is 15.8 Å². The van der Waals surface area contributed by atoms with Crippen molar-refractivity contribution in [3.8, 4) is 0 Å². The first kappa shape index (κ1) is 17.4. The number of aliphatic hydroxyl groups excluding tert-OH is 1. The fourth-order valence-corrected chi connectivity index (χ4v) is 2.29. The number of benzene rings is 1. The maximum Gasteiger partial charge on any atom is 0.259 e. The molecule has 7 nitrogen and oxygen atoms in total. The maximum atomic E-state index is 12.3. The van der Waals surface area contributed by atoms with E-state index < -0.39 is 24.5 Å². The molecule has 2 atom stereocenters. The van der Waals surface area contributed by atoms with Gasteiger partial charge in [-0.2, -0.15) is 0 Å². The molecule has 1 fully saturated rings. The minimum Gasteiger partial charge on any atom is -0.394 e. The first-order chi connectivity index (χ1) is 11.1. The van der Waals surface area contributed by atoms with E-state index in [1.165, 1.54) is 0 Å². The molecular weight excluding hydrogens is 298 g/mol. The largest absolute Gasteiger partial charge is 0.394 e. The predicted molar refractivity (Wildman–Crippen MR) is 84.4 cm³/mol. The molecule has 0 saturated carbocycles. The molecule has 0 radical (unpaired) electrons. The van der Waals surface area contributed by atoms with Crippen molar-refractivity contribution in [2.24, 2.45) is 0 Å². The second-order valence-corrected chi connectivity index (χ2v) is 5.45. The van der Waals surface area contributed by atoms with Crippen LogP contribution < -0.4 is 10.7 Å². The lowest BCUT2D eigenvalue weighted by Crippen LogP contribution is -2.56. The molecule has 1 aromatic carbocycles. The Morgan fingerprint density at radius 2 is 1.87 bits per heavy atom. The number of carbonyl (C=O) groups excluding carboxylic acids is 2. The Bertz CT molecular complexity index is 517. The van der Waals surface area contributed by atoms with Gasteiger partial charge in [0.25, 0.3) is 5.91 Å². The SMILES string of the molecule is CC(C(=O)NC(CO)C(=O)NN1CCOCC1)c1ccccc1. The molecule has 1 heterocycles. The molecule has 1 aromatic rings. The van der Waals surface area contributed by atoms with Crippen molar-refractivity contribution in [2.75, 3.05) is 32.9 Å². The second kappa shape index (κ2) is 8.61. The van der Waals surface area contributed by atoms with E-state index in [1.807, 2.05) is 30.3 Å². The number of hydrazine groups is 1. The topological polar surface area (TPSA) is 90.9 Å². The van der Waals surface area contributed by atoms with Gasteiger partial charge in [0.15, 0.2) is 0 Å². The molecule has 126 valence electrons. The molecule has 1 aliphatic heterocycles.